The number of fused-ring (bicyclic) bond motifs is 5. The predicted molar refractivity (Wildman–Crippen MR) is 122 cm³/mol. The van der Waals surface area contributed by atoms with Gasteiger partial charge in [0.05, 0.1) is 12.2 Å². The minimum atomic E-state index is -0.265. The maximum atomic E-state index is 10.7. The van der Waals surface area contributed by atoms with Crippen LogP contribution in [0.4, 0.5) is 0 Å². The summed E-state index contributed by atoms with van der Waals surface area (Å²) in [6, 6.07) is 4.92. The average Bonchev–Trinajstić information content (AvgIpc) is 3.09. The highest BCUT2D eigenvalue weighted by atomic mass is 16.3. The van der Waals surface area contributed by atoms with E-state index in [1.807, 2.05) is 0 Å². The van der Waals surface area contributed by atoms with E-state index >= 15 is 0 Å². The van der Waals surface area contributed by atoms with Crippen molar-refractivity contribution in [3.8, 4) is 0 Å². The molecule has 1 saturated heterocycles. The normalized spacial score (nSPS) is 41.5. The van der Waals surface area contributed by atoms with Crippen molar-refractivity contribution < 1.29 is 10.2 Å². The maximum Gasteiger partial charge on any atom is 0.0702 e. The SMILES string of the molecule is Cc1c([C@@H](C)[C@@H]2NC[C@@H](C)C[C@@H]2O)ccc2c1C[C@@H]1[C@@H]2CC=C2C[C@H](O)CC[C@@]21C. The van der Waals surface area contributed by atoms with Crippen molar-refractivity contribution >= 4 is 0 Å². The molecule has 1 aromatic carbocycles. The van der Waals surface area contributed by atoms with Crippen LogP contribution in [0.15, 0.2) is 23.8 Å². The molecule has 2 fully saturated rings. The molecule has 0 amide bonds. The lowest BCUT2D eigenvalue weighted by Gasteiger charge is -2.48. The fourth-order valence-electron chi connectivity index (χ4n) is 7.49. The molecule has 3 heteroatoms. The van der Waals surface area contributed by atoms with E-state index in [0.717, 1.165) is 38.6 Å². The van der Waals surface area contributed by atoms with Crippen LogP contribution in [0.1, 0.15) is 87.0 Å². The largest absolute Gasteiger partial charge is 0.393 e. The lowest BCUT2D eigenvalue weighted by atomic mass is 9.57. The Kier molecular flexibility index (Phi) is 5.16. The average molecular weight is 410 g/mol. The first kappa shape index (κ1) is 20.7. The van der Waals surface area contributed by atoms with Crippen LogP contribution >= 0.6 is 0 Å². The number of hydrogen-bond acceptors (Lipinski definition) is 3. The van der Waals surface area contributed by atoms with E-state index in [4.69, 9.17) is 0 Å². The van der Waals surface area contributed by atoms with Gasteiger partial charge in [0.15, 0.2) is 0 Å². The Balaban J connectivity index is 1.44. The van der Waals surface area contributed by atoms with Gasteiger partial charge in [-0.05, 0) is 103 Å². The third-order valence-electron chi connectivity index (χ3n) is 9.40. The van der Waals surface area contributed by atoms with Gasteiger partial charge in [0.1, 0.15) is 0 Å². The highest BCUT2D eigenvalue weighted by Gasteiger charge is 2.50. The number of hydrogen-bond donors (Lipinski definition) is 3. The predicted octanol–water partition coefficient (Wildman–Crippen LogP) is 4.59. The number of allylic oxidation sites excluding steroid dienone is 1. The Morgan fingerprint density at radius 1 is 1.20 bits per heavy atom. The van der Waals surface area contributed by atoms with E-state index in [0.29, 0.717) is 23.7 Å². The quantitative estimate of drug-likeness (QED) is 0.626. The molecular formula is C27H39NO2. The van der Waals surface area contributed by atoms with Gasteiger partial charge >= 0.3 is 0 Å². The zero-order chi connectivity index (χ0) is 21.2. The summed E-state index contributed by atoms with van der Waals surface area (Å²) in [6.07, 6.45) is 8.20. The molecule has 0 bridgehead atoms. The number of aliphatic hydroxyl groups excluding tert-OH is 2. The van der Waals surface area contributed by atoms with Crippen molar-refractivity contribution in [1.82, 2.24) is 5.32 Å². The first-order chi connectivity index (χ1) is 14.3. The smallest absolute Gasteiger partial charge is 0.0702 e. The molecule has 3 aliphatic carbocycles. The van der Waals surface area contributed by atoms with Crippen LogP contribution in [0.2, 0.25) is 0 Å². The molecule has 30 heavy (non-hydrogen) atoms. The van der Waals surface area contributed by atoms with Crippen LogP contribution < -0.4 is 5.32 Å². The first-order valence-electron chi connectivity index (χ1n) is 12.2. The Hall–Kier alpha value is -1.16. The number of aliphatic hydroxyl groups is 2. The summed E-state index contributed by atoms with van der Waals surface area (Å²) in [5, 5.41) is 24.6. The number of nitrogens with one attached hydrogen (secondary N) is 1. The Morgan fingerprint density at radius 2 is 2.00 bits per heavy atom. The van der Waals surface area contributed by atoms with Crippen LogP contribution in [-0.2, 0) is 6.42 Å². The molecule has 1 aromatic rings. The summed E-state index contributed by atoms with van der Waals surface area (Å²) in [7, 11) is 0. The van der Waals surface area contributed by atoms with Gasteiger partial charge in [-0.1, -0.05) is 44.6 Å². The number of rotatable bonds is 2. The molecule has 5 rings (SSSR count). The van der Waals surface area contributed by atoms with Crippen molar-refractivity contribution in [2.24, 2.45) is 17.3 Å². The molecule has 3 nitrogen and oxygen atoms in total. The summed E-state index contributed by atoms with van der Waals surface area (Å²) in [5.41, 5.74) is 7.79. The lowest BCUT2D eigenvalue weighted by molar-refractivity contribution is 0.0656. The molecule has 4 aliphatic rings. The van der Waals surface area contributed by atoms with Crippen LogP contribution in [0, 0.1) is 24.2 Å². The van der Waals surface area contributed by atoms with Gasteiger partial charge in [-0.2, -0.15) is 0 Å². The fourth-order valence-corrected chi connectivity index (χ4v) is 7.49. The number of benzene rings is 1. The van der Waals surface area contributed by atoms with Gasteiger partial charge in [-0.3, -0.25) is 0 Å². The van der Waals surface area contributed by atoms with Crippen LogP contribution in [0.3, 0.4) is 0 Å². The molecule has 0 unspecified atom stereocenters. The first-order valence-corrected chi connectivity index (χ1v) is 12.2. The van der Waals surface area contributed by atoms with Gasteiger partial charge < -0.3 is 15.5 Å². The Morgan fingerprint density at radius 3 is 2.77 bits per heavy atom. The Bertz CT molecular complexity index is 861. The molecule has 1 heterocycles. The van der Waals surface area contributed by atoms with Gasteiger partial charge in [0.2, 0.25) is 0 Å². The monoisotopic (exact) mass is 409 g/mol. The summed E-state index contributed by atoms with van der Waals surface area (Å²) < 4.78 is 0. The van der Waals surface area contributed by atoms with Crippen molar-refractivity contribution in [2.45, 2.75) is 96.3 Å². The second-order valence-electron chi connectivity index (χ2n) is 11.2. The molecule has 0 spiro atoms. The summed E-state index contributed by atoms with van der Waals surface area (Å²) >= 11 is 0. The van der Waals surface area contributed by atoms with Gasteiger partial charge in [0, 0.05) is 6.04 Å². The lowest BCUT2D eigenvalue weighted by Crippen LogP contribution is -2.50. The van der Waals surface area contributed by atoms with E-state index in [1.165, 1.54) is 23.1 Å². The molecule has 1 aliphatic heterocycles. The van der Waals surface area contributed by atoms with Crippen LogP contribution in [-0.4, -0.2) is 35.0 Å². The minimum absolute atomic E-state index is 0.143. The zero-order valence-electron chi connectivity index (χ0n) is 19.1. The van der Waals surface area contributed by atoms with E-state index in [2.05, 4.69) is 51.2 Å². The third-order valence-corrected chi connectivity index (χ3v) is 9.40. The fraction of sp³-hybridized carbons (Fsp3) is 0.704. The summed E-state index contributed by atoms with van der Waals surface area (Å²) in [5.74, 6) is 2.16. The standard InChI is InChI=1S/C27H39NO2/c1-15-11-25(30)26(28-14-15)17(3)20-7-8-21-22-6-5-18-12-19(29)9-10-27(18,4)24(22)13-23(21)16(20)2/h5,7-8,15,17,19,22,24-26,28-30H,6,9-14H2,1-4H3/t15-,17+,19+,22+,24+,25-,26-,27-/m0/s1. The van der Waals surface area contributed by atoms with Crippen molar-refractivity contribution in [1.29, 1.82) is 0 Å². The molecule has 0 radical (unpaired) electrons. The van der Waals surface area contributed by atoms with E-state index in [-0.39, 0.29) is 23.7 Å². The van der Waals surface area contributed by atoms with Crippen molar-refractivity contribution in [3.63, 3.8) is 0 Å². The second kappa shape index (κ2) is 7.46. The van der Waals surface area contributed by atoms with Gasteiger partial charge in [-0.15, -0.1) is 0 Å². The van der Waals surface area contributed by atoms with Crippen LogP contribution in [0.5, 0.6) is 0 Å². The van der Waals surface area contributed by atoms with E-state index < -0.39 is 0 Å². The van der Waals surface area contributed by atoms with E-state index in [9.17, 15) is 10.2 Å². The maximum absolute atomic E-state index is 10.7. The number of piperidine rings is 1. The van der Waals surface area contributed by atoms with Gasteiger partial charge in [-0.25, -0.2) is 0 Å². The van der Waals surface area contributed by atoms with Crippen molar-refractivity contribution in [2.75, 3.05) is 6.54 Å². The highest BCUT2D eigenvalue weighted by Crippen LogP contribution is 2.60. The molecule has 164 valence electrons. The molecule has 8 atom stereocenters. The minimum Gasteiger partial charge on any atom is -0.393 e. The Labute approximate surface area is 182 Å². The zero-order valence-corrected chi connectivity index (χ0v) is 19.1. The summed E-state index contributed by atoms with van der Waals surface area (Å²) in [4.78, 5) is 0. The molecule has 0 aromatic heterocycles. The molecule has 1 saturated carbocycles. The molecule has 3 N–H and O–H groups in total. The second-order valence-corrected chi connectivity index (χ2v) is 11.2. The third kappa shape index (κ3) is 3.12. The van der Waals surface area contributed by atoms with Crippen molar-refractivity contribution in [3.05, 3.63) is 46.0 Å². The highest BCUT2D eigenvalue weighted by molar-refractivity contribution is 5.49. The van der Waals surface area contributed by atoms with Crippen LogP contribution in [0.25, 0.3) is 0 Å². The topological polar surface area (TPSA) is 52.5 Å². The summed E-state index contributed by atoms with van der Waals surface area (Å²) in [6.45, 7) is 10.3. The van der Waals surface area contributed by atoms with E-state index in [1.54, 1.807) is 11.1 Å². The molecular weight excluding hydrogens is 370 g/mol. The van der Waals surface area contributed by atoms with Gasteiger partial charge in [0.25, 0.3) is 0 Å².